The standard InChI is InChI=1S/C22H13ClN2O3/c23-14-10-11-17(24-12-14)25-19(13-6-2-1-3-7-13)18-20(26)15-8-4-5-9-16(15)28-21(18)22(25)27/h1-12,19H/t19-/m0/s1. The average molecular weight is 389 g/mol. The molecule has 0 saturated heterocycles. The number of hydrogen-bond acceptors (Lipinski definition) is 4. The number of benzene rings is 2. The third-order valence-electron chi connectivity index (χ3n) is 4.85. The van der Waals surface area contributed by atoms with Crippen molar-refractivity contribution in [3.63, 3.8) is 0 Å². The predicted octanol–water partition coefficient (Wildman–Crippen LogP) is 4.59. The van der Waals surface area contributed by atoms with Crippen LogP contribution < -0.4 is 10.3 Å². The van der Waals surface area contributed by atoms with Crippen LogP contribution in [0.2, 0.25) is 5.02 Å². The van der Waals surface area contributed by atoms with Gasteiger partial charge in [-0.3, -0.25) is 14.5 Å². The highest BCUT2D eigenvalue weighted by atomic mass is 35.5. The Labute approximate surface area is 164 Å². The van der Waals surface area contributed by atoms with Crippen molar-refractivity contribution in [3.05, 3.63) is 105 Å². The molecule has 136 valence electrons. The van der Waals surface area contributed by atoms with Crippen LogP contribution in [0.4, 0.5) is 5.82 Å². The molecule has 6 heteroatoms. The van der Waals surface area contributed by atoms with Gasteiger partial charge in [0.1, 0.15) is 11.4 Å². The van der Waals surface area contributed by atoms with Gasteiger partial charge < -0.3 is 4.42 Å². The number of amides is 1. The number of halogens is 1. The van der Waals surface area contributed by atoms with Crippen LogP contribution in [0.3, 0.4) is 0 Å². The minimum Gasteiger partial charge on any atom is -0.450 e. The van der Waals surface area contributed by atoms with Crippen LogP contribution >= 0.6 is 11.6 Å². The second-order valence-electron chi connectivity index (χ2n) is 6.49. The Morgan fingerprint density at radius 3 is 2.43 bits per heavy atom. The maximum atomic E-state index is 13.3. The lowest BCUT2D eigenvalue weighted by Gasteiger charge is -2.24. The van der Waals surface area contributed by atoms with E-state index in [0.29, 0.717) is 27.4 Å². The van der Waals surface area contributed by atoms with E-state index < -0.39 is 11.9 Å². The Balaban J connectivity index is 1.82. The van der Waals surface area contributed by atoms with E-state index in [0.717, 1.165) is 5.56 Å². The summed E-state index contributed by atoms with van der Waals surface area (Å²) in [6.07, 6.45) is 1.47. The summed E-state index contributed by atoms with van der Waals surface area (Å²) in [6.45, 7) is 0. The van der Waals surface area contributed by atoms with Crippen molar-refractivity contribution in [1.82, 2.24) is 4.98 Å². The third kappa shape index (κ3) is 2.44. The number of carbonyl (C=O) groups is 1. The largest absolute Gasteiger partial charge is 0.450 e. The van der Waals surface area contributed by atoms with E-state index in [1.165, 1.54) is 11.1 Å². The maximum Gasteiger partial charge on any atom is 0.296 e. The molecule has 4 aromatic rings. The molecular weight excluding hydrogens is 376 g/mol. The fraction of sp³-hybridized carbons (Fsp3) is 0.0455. The van der Waals surface area contributed by atoms with Gasteiger partial charge in [0.2, 0.25) is 5.76 Å². The van der Waals surface area contributed by atoms with Crippen molar-refractivity contribution in [2.75, 3.05) is 4.90 Å². The number of nitrogens with zero attached hydrogens (tertiary/aromatic N) is 2. The number of anilines is 1. The molecule has 2 aromatic carbocycles. The highest BCUT2D eigenvalue weighted by Crippen LogP contribution is 2.40. The molecule has 0 aliphatic carbocycles. The van der Waals surface area contributed by atoms with Crippen molar-refractivity contribution in [2.24, 2.45) is 0 Å². The maximum absolute atomic E-state index is 13.3. The van der Waals surface area contributed by atoms with Crippen molar-refractivity contribution >= 4 is 34.3 Å². The quantitative estimate of drug-likeness (QED) is 0.503. The normalized spacial score (nSPS) is 15.8. The fourth-order valence-electron chi connectivity index (χ4n) is 3.62. The highest BCUT2D eigenvalue weighted by molar-refractivity contribution is 6.30. The van der Waals surface area contributed by atoms with Gasteiger partial charge in [-0.1, -0.05) is 54.1 Å². The molecule has 28 heavy (non-hydrogen) atoms. The van der Waals surface area contributed by atoms with Gasteiger partial charge in [-0.2, -0.15) is 0 Å². The molecule has 0 saturated carbocycles. The van der Waals surface area contributed by atoms with Gasteiger partial charge in [-0.15, -0.1) is 0 Å². The Morgan fingerprint density at radius 1 is 0.929 bits per heavy atom. The number of para-hydroxylation sites is 1. The summed E-state index contributed by atoms with van der Waals surface area (Å²) < 4.78 is 5.88. The van der Waals surface area contributed by atoms with Gasteiger partial charge >= 0.3 is 0 Å². The number of carbonyl (C=O) groups excluding carboxylic acids is 1. The molecule has 5 nitrogen and oxygen atoms in total. The molecule has 0 bridgehead atoms. The zero-order valence-electron chi connectivity index (χ0n) is 14.5. The van der Waals surface area contributed by atoms with Crippen LogP contribution in [0.15, 0.2) is 82.1 Å². The molecule has 1 aliphatic heterocycles. The van der Waals surface area contributed by atoms with E-state index in [4.69, 9.17) is 16.0 Å². The average Bonchev–Trinajstić information content (AvgIpc) is 3.02. The van der Waals surface area contributed by atoms with Crippen LogP contribution in [0.1, 0.15) is 27.7 Å². The first-order chi connectivity index (χ1) is 13.6. The first-order valence-corrected chi connectivity index (χ1v) is 9.09. The Morgan fingerprint density at radius 2 is 1.68 bits per heavy atom. The first-order valence-electron chi connectivity index (χ1n) is 8.71. The summed E-state index contributed by atoms with van der Waals surface area (Å²) in [7, 11) is 0. The number of fused-ring (bicyclic) bond motifs is 2. The smallest absolute Gasteiger partial charge is 0.296 e. The molecule has 1 amide bonds. The van der Waals surface area contributed by atoms with Gasteiger partial charge in [0, 0.05) is 6.20 Å². The Bertz CT molecular complexity index is 1270. The summed E-state index contributed by atoms with van der Waals surface area (Å²) in [5, 5.41) is 0.907. The van der Waals surface area contributed by atoms with Gasteiger partial charge in [-0.25, -0.2) is 4.98 Å². The van der Waals surface area contributed by atoms with Crippen LogP contribution in [-0.4, -0.2) is 10.9 Å². The van der Waals surface area contributed by atoms with E-state index in [1.54, 1.807) is 36.4 Å². The lowest BCUT2D eigenvalue weighted by atomic mass is 9.98. The third-order valence-corrected chi connectivity index (χ3v) is 5.08. The summed E-state index contributed by atoms with van der Waals surface area (Å²) in [6, 6.07) is 19.0. The van der Waals surface area contributed by atoms with Crippen molar-refractivity contribution in [3.8, 4) is 0 Å². The van der Waals surface area contributed by atoms with Crippen LogP contribution in [-0.2, 0) is 0 Å². The molecule has 1 atom stereocenters. The molecule has 0 fully saturated rings. The zero-order chi connectivity index (χ0) is 19.3. The number of pyridine rings is 1. The number of hydrogen-bond donors (Lipinski definition) is 0. The topological polar surface area (TPSA) is 63.4 Å². The van der Waals surface area contributed by atoms with E-state index in [-0.39, 0.29) is 11.2 Å². The second kappa shape index (κ2) is 6.32. The summed E-state index contributed by atoms with van der Waals surface area (Å²) in [5.74, 6) is 0.0499. The van der Waals surface area contributed by atoms with Crippen LogP contribution in [0.25, 0.3) is 11.0 Å². The monoisotopic (exact) mass is 388 g/mol. The van der Waals surface area contributed by atoms with Crippen LogP contribution in [0.5, 0.6) is 0 Å². The summed E-state index contributed by atoms with van der Waals surface area (Å²) in [5.41, 5.74) is 1.30. The predicted molar refractivity (Wildman–Crippen MR) is 107 cm³/mol. The highest BCUT2D eigenvalue weighted by Gasteiger charge is 2.44. The molecule has 0 unspecified atom stereocenters. The Hall–Kier alpha value is -3.44. The van der Waals surface area contributed by atoms with Gasteiger partial charge in [0.25, 0.3) is 5.91 Å². The molecule has 0 spiro atoms. The van der Waals surface area contributed by atoms with Gasteiger partial charge in [-0.05, 0) is 29.8 Å². The molecule has 2 aromatic heterocycles. The van der Waals surface area contributed by atoms with Gasteiger partial charge in [0.15, 0.2) is 5.43 Å². The van der Waals surface area contributed by atoms with E-state index in [9.17, 15) is 9.59 Å². The second-order valence-corrected chi connectivity index (χ2v) is 6.93. The lowest BCUT2D eigenvalue weighted by Crippen LogP contribution is -2.30. The van der Waals surface area contributed by atoms with Crippen molar-refractivity contribution < 1.29 is 9.21 Å². The lowest BCUT2D eigenvalue weighted by molar-refractivity contribution is 0.0970. The zero-order valence-corrected chi connectivity index (χ0v) is 15.3. The van der Waals surface area contributed by atoms with Gasteiger partial charge in [0.05, 0.1) is 22.0 Å². The molecule has 0 radical (unpaired) electrons. The summed E-state index contributed by atoms with van der Waals surface area (Å²) >= 11 is 5.96. The first kappa shape index (κ1) is 16.7. The fourth-order valence-corrected chi connectivity index (χ4v) is 3.73. The number of rotatable bonds is 2. The van der Waals surface area contributed by atoms with Crippen molar-refractivity contribution in [1.29, 1.82) is 0 Å². The minimum atomic E-state index is -0.627. The van der Waals surface area contributed by atoms with E-state index in [1.807, 2.05) is 30.3 Å². The van der Waals surface area contributed by atoms with Crippen molar-refractivity contribution in [2.45, 2.75) is 6.04 Å². The molecule has 0 N–H and O–H groups in total. The SMILES string of the molecule is O=C1c2oc3ccccc3c(=O)c2[C@H](c2ccccc2)N1c1ccc(Cl)cn1. The van der Waals surface area contributed by atoms with Crippen LogP contribution in [0, 0.1) is 0 Å². The summed E-state index contributed by atoms with van der Waals surface area (Å²) in [4.78, 5) is 32.4. The molecule has 3 heterocycles. The molecule has 5 rings (SSSR count). The number of aromatic nitrogens is 1. The van der Waals surface area contributed by atoms with E-state index >= 15 is 0 Å². The molecule has 1 aliphatic rings. The van der Waals surface area contributed by atoms with E-state index in [2.05, 4.69) is 4.98 Å². The Kier molecular flexibility index (Phi) is 3.77. The minimum absolute atomic E-state index is 0.0503. The molecular formula is C22H13ClN2O3.